The zero-order valence-electron chi connectivity index (χ0n) is 11.9. The standard InChI is InChI=1S/C17H19NO/c1-10(2)16-13-7-5-11(3)9-15(13)19-17-14(16)8-6-12(4)18-17/h5-10,16H,1-4H3. The van der Waals surface area contributed by atoms with Crippen molar-refractivity contribution in [3.8, 4) is 11.6 Å². The maximum absolute atomic E-state index is 6.01. The molecule has 0 saturated heterocycles. The fraction of sp³-hybridized carbons (Fsp3) is 0.353. The Morgan fingerprint density at radius 3 is 2.53 bits per heavy atom. The first-order chi connectivity index (χ1) is 9.06. The van der Waals surface area contributed by atoms with Crippen LogP contribution in [0.4, 0.5) is 0 Å². The maximum atomic E-state index is 6.01. The van der Waals surface area contributed by atoms with Crippen LogP contribution >= 0.6 is 0 Å². The summed E-state index contributed by atoms with van der Waals surface area (Å²) in [5.74, 6) is 2.63. The van der Waals surface area contributed by atoms with Crippen LogP contribution in [0.5, 0.6) is 11.6 Å². The van der Waals surface area contributed by atoms with Crippen LogP contribution < -0.4 is 4.74 Å². The van der Waals surface area contributed by atoms with Crippen LogP contribution in [0.25, 0.3) is 0 Å². The smallest absolute Gasteiger partial charge is 0.223 e. The molecular weight excluding hydrogens is 234 g/mol. The van der Waals surface area contributed by atoms with Crippen LogP contribution in [-0.4, -0.2) is 4.98 Å². The number of rotatable bonds is 1. The van der Waals surface area contributed by atoms with Gasteiger partial charge >= 0.3 is 0 Å². The third kappa shape index (κ3) is 2.01. The lowest BCUT2D eigenvalue weighted by atomic mass is 9.81. The van der Waals surface area contributed by atoms with E-state index in [0.29, 0.717) is 11.8 Å². The molecule has 19 heavy (non-hydrogen) atoms. The van der Waals surface area contributed by atoms with E-state index < -0.39 is 0 Å². The average molecular weight is 253 g/mol. The van der Waals surface area contributed by atoms with Gasteiger partial charge < -0.3 is 4.74 Å². The highest BCUT2D eigenvalue weighted by Crippen LogP contribution is 2.46. The van der Waals surface area contributed by atoms with E-state index in [4.69, 9.17) is 4.74 Å². The molecule has 3 rings (SSSR count). The minimum Gasteiger partial charge on any atom is -0.438 e. The minimum absolute atomic E-state index is 0.368. The lowest BCUT2D eigenvalue weighted by Gasteiger charge is -2.30. The molecule has 0 radical (unpaired) electrons. The summed E-state index contributed by atoms with van der Waals surface area (Å²) in [4.78, 5) is 4.55. The van der Waals surface area contributed by atoms with Crippen molar-refractivity contribution in [1.82, 2.24) is 4.98 Å². The predicted octanol–water partition coefficient (Wildman–Crippen LogP) is 4.59. The first kappa shape index (κ1) is 12.2. The van der Waals surface area contributed by atoms with Gasteiger partial charge in [0.05, 0.1) is 0 Å². The summed E-state index contributed by atoms with van der Waals surface area (Å²) in [5, 5.41) is 0. The molecule has 0 spiro atoms. The second-order valence-corrected chi connectivity index (χ2v) is 5.71. The first-order valence-corrected chi connectivity index (χ1v) is 6.82. The van der Waals surface area contributed by atoms with Gasteiger partial charge in [0.2, 0.25) is 5.88 Å². The molecule has 2 nitrogen and oxygen atoms in total. The number of pyridine rings is 1. The molecule has 1 aromatic heterocycles. The molecule has 1 atom stereocenters. The zero-order chi connectivity index (χ0) is 13.6. The molecule has 1 aliphatic heterocycles. The van der Waals surface area contributed by atoms with E-state index in [1.165, 1.54) is 16.7 Å². The normalized spacial score (nSPS) is 16.8. The van der Waals surface area contributed by atoms with Gasteiger partial charge in [0.1, 0.15) is 5.75 Å². The number of ether oxygens (including phenoxy) is 1. The summed E-state index contributed by atoms with van der Waals surface area (Å²) in [5.41, 5.74) is 4.70. The predicted molar refractivity (Wildman–Crippen MR) is 76.9 cm³/mol. The van der Waals surface area contributed by atoms with Crippen molar-refractivity contribution in [2.24, 2.45) is 5.92 Å². The summed E-state index contributed by atoms with van der Waals surface area (Å²) in [6.07, 6.45) is 0. The molecular formula is C17H19NO. The lowest BCUT2D eigenvalue weighted by molar-refractivity contribution is 0.403. The van der Waals surface area contributed by atoms with E-state index in [1.807, 2.05) is 6.92 Å². The third-order valence-electron chi connectivity index (χ3n) is 3.74. The maximum Gasteiger partial charge on any atom is 0.223 e. The van der Waals surface area contributed by atoms with Crippen LogP contribution in [0.3, 0.4) is 0 Å². The van der Waals surface area contributed by atoms with Crippen molar-refractivity contribution in [2.45, 2.75) is 33.6 Å². The van der Waals surface area contributed by atoms with Crippen molar-refractivity contribution in [2.75, 3.05) is 0 Å². The number of aromatic nitrogens is 1. The summed E-state index contributed by atoms with van der Waals surface area (Å²) < 4.78 is 6.01. The van der Waals surface area contributed by atoms with Crippen LogP contribution in [0.2, 0.25) is 0 Å². The molecule has 1 unspecified atom stereocenters. The first-order valence-electron chi connectivity index (χ1n) is 6.82. The van der Waals surface area contributed by atoms with Crippen molar-refractivity contribution >= 4 is 0 Å². The molecule has 2 heteroatoms. The molecule has 2 heterocycles. The number of benzene rings is 1. The number of hydrogen-bond donors (Lipinski definition) is 0. The second kappa shape index (κ2) is 4.37. The van der Waals surface area contributed by atoms with Gasteiger partial charge in [-0.2, -0.15) is 0 Å². The summed E-state index contributed by atoms with van der Waals surface area (Å²) in [6.45, 7) is 8.60. The Bertz CT molecular complexity index is 580. The van der Waals surface area contributed by atoms with E-state index in [9.17, 15) is 0 Å². The topological polar surface area (TPSA) is 22.1 Å². The fourth-order valence-corrected chi connectivity index (χ4v) is 2.84. The number of hydrogen-bond acceptors (Lipinski definition) is 2. The summed E-state index contributed by atoms with van der Waals surface area (Å²) in [6, 6.07) is 10.7. The Kier molecular flexibility index (Phi) is 2.81. The van der Waals surface area contributed by atoms with Gasteiger partial charge in [0.15, 0.2) is 0 Å². The Hall–Kier alpha value is -1.83. The molecule has 1 aliphatic rings. The van der Waals surface area contributed by atoms with Gasteiger partial charge in [-0.15, -0.1) is 0 Å². The van der Waals surface area contributed by atoms with E-state index in [0.717, 1.165) is 17.3 Å². The van der Waals surface area contributed by atoms with Crippen molar-refractivity contribution < 1.29 is 4.74 Å². The molecule has 0 bridgehead atoms. The number of fused-ring (bicyclic) bond motifs is 2. The molecule has 98 valence electrons. The van der Waals surface area contributed by atoms with Crippen LogP contribution in [0.15, 0.2) is 30.3 Å². The largest absolute Gasteiger partial charge is 0.438 e. The van der Waals surface area contributed by atoms with Gasteiger partial charge in [-0.05, 0) is 37.5 Å². The van der Waals surface area contributed by atoms with Crippen LogP contribution in [-0.2, 0) is 0 Å². The number of aryl methyl sites for hydroxylation is 2. The second-order valence-electron chi connectivity index (χ2n) is 5.71. The van der Waals surface area contributed by atoms with Crippen LogP contribution in [0.1, 0.15) is 42.1 Å². The quantitative estimate of drug-likeness (QED) is 0.741. The lowest BCUT2D eigenvalue weighted by Crippen LogP contribution is -2.16. The molecule has 0 aliphatic carbocycles. The van der Waals surface area contributed by atoms with Gasteiger partial charge in [-0.3, -0.25) is 0 Å². The summed E-state index contributed by atoms with van der Waals surface area (Å²) in [7, 11) is 0. The number of nitrogens with zero attached hydrogens (tertiary/aromatic N) is 1. The monoisotopic (exact) mass is 253 g/mol. The van der Waals surface area contributed by atoms with E-state index >= 15 is 0 Å². The highest BCUT2D eigenvalue weighted by atomic mass is 16.5. The van der Waals surface area contributed by atoms with Crippen LogP contribution in [0, 0.1) is 19.8 Å². The van der Waals surface area contributed by atoms with Gasteiger partial charge in [-0.1, -0.05) is 32.0 Å². The Labute approximate surface area is 114 Å². The van der Waals surface area contributed by atoms with E-state index in [-0.39, 0.29) is 0 Å². The zero-order valence-corrected chi connectivity index (χ0v) is 11.9. The van der Waals surface area contributed by atoms with E-state index in [1.54, 1.807) is 0 Å². The van der Waals surface area contributed by atoms with Gasteiger partial charge in [-0.25, -0.2) is 4.98 Å². The SMILES string of the molecule is Cc1ccc2c(c1)Oc1nc(C)ccc1C2C(C)C. The Morgan fingerprint density at radius 1 is 1.05 bits per heavy atom. The Morgan fingerprint density at radius 2 is 1.79 bits per heavy atom. The van der Waals surface area contributed by atoms with Crippen molar-refractivity contribution in [3.05, 3.63) is 52.7 Å². The Balaban J connectivity index is 2.20. The third-order valence-corrected chi connectivity index (χ3v) is 3.74. The highest BCUT2D eigenvalue weighted by molar-refractivity contribution is 5.52. The molecule has 0 amide bonds. The van der Waals surface area contributed by atoms with Gasteiger partial charge in [0.25, 0.3) is 0 Å². The highest BCUT2D eigenvalue weighted by Gasteiger charge is 2.30. The summed E-state index contributed by atoms with van der Waals surface area (Å²) >= 11 is 0. The van der Waals surface area contributed by atoms with E-state index in [2.05, 4.69) is 56.1 Å². The molecule has 0 saturated carbocycles. The average Bonchev–Trinajstić information content (AvgIpc) is 2.35. The van der Waals surface area contributed by atoms with Crippen molar-refractivity contribution in [1.29, 1.82) is 0 Å². The molecule has 0 N–H and O–H groups in total. The van der Waals surface area contributed by atoms with Gasteiger partial charge in [0, 0.05) is 22.7 Å². The minimum atomic E-state index is 0.368. The fourth-order valence-electron chi connectivity index (χ4n) is 2.84. The van der Waals surface area contributed by atoms with Crippen molar-refractivity contribution in [3.63, 3.8) is 0 Å². The molecule has 2 aromatic rings. The molecule has 0 fully saturated rings. The molecule has 1 aromatic carbocycles.